The molecule has 0 spiro atoms. The van der Waals surface area contributed by atoms with Crippen LogP contribution in [0.1, 0.15) is 5.56 Å². The summed E-state index contributed by atoms with van der Waals surface area (Å²) in [6.45, 7) is 2.04. The van der Waals surface area contributed by atoms with Crippen LogP contribution in [0.3, 0.4) is 0 Å². The molecule has 2 nitrogen and oxygen atoms in total. The zero-order valence-corrected chi connectivity index (χ0v) is 12.1. The van der Waals surface area contributed by atoms with Crippen LogP contribution in [0.15, 0.2) is 59.2 Å². The van der Waals surface area contributed by atoms with Gasteiger partial charge in [-0.05, 0) is 57.4 Å². The lowest BCUT2D eigenvalue weighted by molar-refractivity contribution is 1.24. The van der Waals surface area contributed by atoms with Gasteiger partial charge < -0.3 is 5.32 Å². The third kappa shape index (κ3) is 2.61. The van der Waals surface area contributed by atoms with Crippen LogP contribution in [0.2, 0.25) is 0 Å². The topological polar surface area (TPSA) is 24.9 Å². The molecular formula is C16H13BrN2. The second-order valence-corrected chi connectivity index (χ2v) is 5.42. The summed E-state index contributed by atoms with van der Waals surface area (Å²) >= 11 is 3.42. The number of aromatic nitrogens is 1. The first kappa shape index (κ1) is 12.2. The van der Waals surface area contributed by atoms with E-state index in [-0.39, 0.29) is 0 Å². The maximum Gasteiger partial charge on any atom is 0.133 e. The van der Waals surface area contributed by atoms with Crippen molar-refractivity contribution in [2.75, 3.05) is 5.32 Å². The Labute approximate surface area is 120 Å². The molecule has 0 aliphatic rings. The number of pyridine rings is 1. The molecule has 0 bridgehead atoms. The summed E-state index contributed by atoms with van der Waals surface area (Å²) < 4.78 is 0.995. The number of nitrogens with zero attached hydrogens (tertiary/aromatic N) is 1. The van der Waals surface area contributed by atoms with Crippen molar-refractivity contribution >= 4 is 38.2 Å². The average Bonchev–Trinajstić information content (AvgIpc) is 2.42. The van der Waals surface area contributed by atoms with E-state index in [1.807, 2.05) is 6.92 Å². The number of hydrogen-bond acceptors (Lipinski definition) is 2. The number of rotatable bonds is 2. The van der Waals surface area contributed by atoms with Crippen LogP contribution in [-0.2, 0) is 0 Å². The Balaban J connectivity index is 1.96. The van der Waals surface area contributed by atoms with Crippen molar-refractivity contribution in [3.63, 3.8) is 0 Å². The molecule has 19 heavy (non-hydrogen) atoms. The Morgan fingerprint density at radius 2 is 1.79 bits per heavy atom. The van der Waals surface area contributed by atoms with E-state index in [9.17, 15) is 0 Å². The molecule has 3 aromatic rings. The minimum Gasteiger partial charge on any atom is -0.340 e. The SMILES string of the molecule is Cc1cc(Br)cnc1Nc1ccc2ccccc2c1. The van der Waals surface area contributed by atoms with E-state index in [2.05, 4.69) is 74.8 Å². The summed E-state index contributed by atoms with van der Waals surface area (Å²) in [7, 11) is 0. The fraction of sp³-hybridized carbons (Fsp3) is 0.0625. The fourth-order valence-electron chi connectivity index (χ4n) is 2.08. The number of nitrogens with one attached hydrogen (secondary N) is 1. The van der Waals surface area contributed by atoms with Crippen molar-refractivity contribution < 1.29 is 0 Å². The molecule has 0 unspecified atom stereocenters. The lowest BCUT2D eigenvalue weighted by Gasteiger charge is -2.09. The third-order valence-electron chi connectivity index (χ3n) is 3.06. The van der Waals surface area contributed by atoms with Gasteiger partial charge in [0.15, 0.2) is 0 Å². The Morgan fingerprint density at radius 1 is 1.00 bits per heavy atom. The highest BCUT2D eigenvalue weighted by molar-refractivity contribution is 9.10. The van der Waals surface area contributed by atoms with Crippen LogP contribution in [0, 0.1) is 6.92 Å². The molecule has 94 valence electrons. The number of anilines is 2. The molecule has 0 aliphatic heterocycles. The van der Waals surface area contributed by atoms with E-state index in [4.69, 9.17) is 0 Å². The Hall–Kier alpha value is -1.87. The smallest absolute Gasteiger partial charge is 0.133 e. The largest absolute Gasteiger partial charge is 0.340 e. The van der Waals surface area contributed by atoms with E-state index in [0.717, 1.165) is 21.5 Å². The highest BCUT2D eigenvalue weighted by Gasteiger charge is 2.02. The van der Waals surface area contributed by atoms with E-state index < -0.39 is 0 Å². The Kier molecular flexibility index (Phi) is 3.22. The van der Waals surface area contributed by atoms with Crippen molar-refractivity contribution in [1.82, 2.24) is 4.98 Å². The zero-order valence-electron chi connectivity index (χ0n) is 10.5. The first-order valence-electron chi connectivity index (χ1n) is 6.10. The molecule has 0 saturated heterocycles. The van der Waals surface area contributed by atoms with Crippen LogP contribution in [-0.4, -0.2) is 4.98 Å². The van der Waals surface area contributed by atoms with E-state index in [1.165, 1.54) is 10.8 Å². The molecular weight excluding hydrogens is 300 g/mol. The van der Waals surface area contributed by atoms with E-state index in [0.29, 0.717) is 0 Å². The summed E-state index contributed by atoms with van der Waals surface area (Å²) in [4.78, 5) is 4.40. The molecule has 0 amide bonds. The van der Waals surface area contributed by atoms with Crippen molar-refractivity contribution in [3.8, 4) is 0 Å². The second kappa shape index (κ2) is 5.02. The Morgan fingerprint density at radius 3 is 2.58 bits per heavy atom. The van der Waals surface area contributed by atoms with Crippen molar-refractivity contribution in [3.05, 3.63) is 64.8 Å². The molecule has 0 atom stereocenters. The molecule has 0 aliphatic carbocycles. The highest BCUT2D eigenvalue weighted by Crippen LogP contribution is 2.24. The van der Waals surface area contributed by atoms with Gasteiger partial charge in [0.1, 0.15) is 5.82 Å². The number of halogens is 1. The molecule has 0 radical (unpaired) electrons. The van der Waals surface area contributed by atoms with Gasteiger partial charge in [-0.2, -0.15) is 0 Å². The van der Waals surface area contributed by atoms with Crippen molar-refractivity contribution in [2.24, 2.45) is 0 Å². The minimum absolute atomic E-state index is 0.887. The lowest BCUT2D eigenvalue weighted by atomic mass is 10.1. The zero-order chi connectivity index (χ0) is 13.2. The predicted molar refractivity (Wildman–Crippen MR) is 83.9 cm³/mol. The van der Waals surface area contributed by atoms with Gasteiger partial charge in [-0.3, -0.25) is 0 Å². The number of fused-ring (bicyclic) bond motifs is 1. The molecule has 2 aromatic carbocycles. The normalized spacial score (nSPS) is 10.6. The van der Waals surface area contributed by atoms with Crippen LogP contribution in [0.4, 0.5) is 11.5 Å². The summed E-state index contributed by atoms with van der Waals surface area (Å²) in [5.41, 5.74) is 2.17. The molecule has 0 fully saturated rings. The maximum atomic E-state index is 4.40. The van der Waals surface area contributed by atoms with Crippen LogP contribution >= 0.6 is 15.9 Å². The molecule has 1 heterocycles. The quantitative estimate of drug-likeness (QED) is 0.716. The summed E-state index contributed by atoms with van der Waals surface area (Å²) in [5, 5.41) is 5.83. The van der Waals surface area contributed by atoms with Gasteiger partial charge in [-0.1, -0.05) is 30.3 Å². The highest BCUT2D eigenvalue weighted by atomic mass is 79.9. The van der Waals surface area contributed by atoms with E-state index in [1.54, 1.807) is 6.20 Å². The number of benzene rings is 2. The van der Waals surface area contributed by atoms with Gasteiger partial charge in [0.25, 0.3) is 0 Å². The third-order valence-corrected chi connectivity index (χ3v) is 3.49. The van der Waals surface area contributed by atoms with Gasteiger partial charge in [-0.25, -0.2) is 4.98 Å². The average molecular weight is 313 g/mol. The lowest BCUT2D eigenvalue weighted by Crippen LogP contribution is -1.96. The van der Waals surface area contributed by atoms with Crippen molar-refractivity contribution in [1.29, 1.82) is 0 Å². The second-order valence-electron chi connectivity index (χ2n) is 4.51. The first-order chi connectivity index (χ1) is 9.22. The first-order valence-corrected chi connectivity index (χ1v) is 6.90. The van der Waals surface area contributed by atoms with Crippen LogP contribution in [0.5, 0.6) is 0 Å². The van der Waals surface area contributed by atoms with Gasteiger partial charge in [0.2, 0.25) is 0 Å². The summed E-state index contributed by atoms with van der Waals surface area (Å²) in [6, 6.07) is 16.7. The summed E-state index contributed by atoms with van der Waals surface area (Å²) in [5.74, 6) is 0.887. The van der Waals surface area contributed by atoms with Crippen LogP contribution in [0.25, 0.3) is 10.8 Å². The molecule has 3 heteroatoms. The molecule has 1 aromatic heterocycles. The minimum atomic E-state index is 0.887. The maximum absolute atomic E-state index is 4.40. The van der Waals surface area contributed by atoms with Gasteiger partial charge in [0, 0.05) is 16.4 Å². The molecule has 3 rings (SSSR count). The standard InChI is InChI=1S/C16H13BrN2/c1-11-8-14(17)10-18-16(11)19-15-7-6-12-4-2-3-5-13(12)9-15/h2-10H,1H3,(H,18,19). The predicted octanol–water partition coefficient (Wildman–Crippen LogP) is 5.05. The van der Waals surface area contributed by atoms with Gasteiger partial charge >= 0.3 is 0 Å². The van der Waals surface area contributed by atoms with Gasteiger partial charge in [-0.15, -0.1) is 0 Å². The fourth-order valence-corrected chi connectivity index (χ4v) is 2.52. The number of aryl methyl sites for hydroxylation is 1. The molecule has 0 saturated carbocycles. The van der Waals surface area contributed by atoms with E-state index >= 15 is 0 Å². The Bertz CT molecular complexity index is 738. The van der Waals surface area contributed by atoms with Crippen LogP contribution < -0.4 is 5.32 Å². The molecule has 1 N–H and O–H groups in total. The monoisotopic (exact) mass is 312 g/mol. The van der Waals surface area contributed by atoms with Crippen molar-refractivity contribution in [2.45, 2.75) is 6.92 Å². The van der Waals surface area contributed by atoms with Gasteiger partial charge in [0.05, 0.1) is 0 Å². The summed E-state index contributed by atoms with van der Waals surface area (Å²) in [6.07, 6.45) is 1.80. The number of hydrogen-bond donors (Lipinski definition) is 1.